The molecule has 6 nitrogen and oxygen atoms in total. The number of rotatable bonds is 5. The molecule has 0 bridgehead atoms. The van der Waals surface area contributed by atoms with E-state index in [1.165, 1.54) is 23.5 Å². The molecule has 1 heterocycles. The SMILES string of the molecule is COc1cc(S(=O)(=O)N(C)CC2CCCN2C)ccc1N. The fourth-order valence-corrected chi connectivity index (χ4v) is 3.86. The lowest BCUT2D eigenvalue weighted by molar-refractivity contribution is 0.271. The van der Waals surface area contributed by atoms with Crippen molar-refractivity contribution < 1.29 is 13.2 Å². The number of sulfonamides is 1. The highest BCUT2D eigenvalue weighted by Crippen LogP contribution is 2.27. The molecule has 1 unspecified atom stereocenters. The van der Waals surface area contributed by atoms with Crippen LogP contribution in [0, 0.1) is 0 Å². The van der Waals surface area contributed by atoms with E-state index < -0.39 is 10.0 Å². The van der Waals surface area contributed by atoms with Crippen molar-refractivity contribution in [3.8, 4) is 5.75 Å². The van der Waals surface area contributed by atoms with Crippen LogP contribution < -0.4 is 10.5 Å². The standard InChI is InChI=1S/C14H23N3O3S/c1-16-8-4-5-11(16)10-17(2)21(18,19)12-6-7-13(15)14(9-12)20-3/h6-7,9,11H,4-5,8,10,15H2,1-3H3. The van der Waals surface area contributed by atoms with Gasteiger partial charge in [-0.15, -0.1) is 0 Å². The van der Waals surface area contributed by atoms with Crippen LogP contribution in [0.4, 0.5) is 5.69 Å². The highest BCUT2D eigenvalue weighted by Gasteiger charge is 2.28. The van der Waals surface area contributed by atoms with Gasteiger partial charge in [-0.25, -0.2) is 8.42 Å². The Balaban J connectivity index is 2.20. The Labute approximate surface area is 126 Å². The van der Waals surface area contributed by atoms with Gasteiger partial charge in [-0.1, -0.05) is 0 Å². The van der Waals surface area contributed by atoms with E-state index in [2.05, 4.69) is 4.90 Å². The largest absolute Gasteiger partial charge is 0.495 e. The molecule has 0 spiro atoms. The van der Waals surface area contributed by atoms with Crippen LogP contribution in [-0.2, 0) is 10.0 Å². The number of ether oxygens (including phenoxy) is 1. The van der Waals surface area contributed by atoms with Gasteiger partial charge >= 0.3 is 0 Å². The first-order chi connectivity index (χ1) is 9.86. The molecular weight excluding hydrogens is 290 g/mol. The van der Waals surface area contributed by atoms with Crippen molar-refractivity contribution in [3.63, 3.8) is 0 Å². The predicted octanol–water partition coefficient (Wildman–Crippen LogP) is 0.992. The second kappa shape index (κ2) is 6.21. The molecule has 0 aliphatic carbocycles. The van der Waals surface area contributed by atoms with Crippen molar-refractivity contribution in [1.82, 2.24) is 9.21 Å². The van der Waals surface area contributed by atoms with Gasteiger partial charge in [0.25, 0.3) is 0 Å². The highest BCUT2D eigenvalue weighted by molar-refractivity contribution is 7.89. The minimum atomic E-state index is -3.53. The van der Waals surface area contributed by atoms with Gasteiger partial charge in [0, 0.05) is 25.7 Å². The molecule has 1 atom stereocenters. The number of hydrogen-bond donors (Lipinski definition) is 1. The lowest BCUT2D eigenvalue weighted by atomic mass is 10.2. The number of anilines is 1. The summed E-state index contributed by atoms with van der Waals surface area (Å²) in [5.74, 6) is 0.377. The normalized spacial score (nSPS) is 20.1. The van der Waals surface area contributed by atoms with Gasteiger partial charge in [-0.2, -0.15) is 4.31 Å². The van der Waals surface area contributed by atoms with Crippen LogP contribution in [-0.4, -0.2) is 58.0 Å². The quantitative estimate of drug-likeness (QED) is 0.821. The minimum Gasteiger partial charge on any atom is -0.495 e. The molecule has 1 saturated heterocycles. The first-order valence-electron chi connectivity index (χ1n) is 6.96. The number of benzene rings is 1. The predicted molar refractivity (Wildman–Crippen MR) is 82.9 cm³/mol. The van der Waals surface area contributed by atoms with Crippen molar-refractivity contribution in [2.24, 2.45) is 0 Å². The molecule has 1 aliphatic heterocycles. The van der Waals surface area contributed by atoms with E-state index in [9.17, 15) is 8.42 Å². The number of nitrogen functional groups attached to an aromatic ring is 1. The van der Waals surface area contributed by atoms with Crippen molar-refractivity contribution >= 4 is 15.7 Å². The van der Waals surface area contributed by atoms with E-state index in [1.807, 2.05) is 7.05 Å². The average Bonchev–Trinajstić information content (AvgIpc) is 2.84. The molecular formula is C14H23N3O3S. The summed E-state index contributed by atoms with van der Waals surface area (Å²) in [6.07, 6.45) is 2.15. The van der Waals surface area contributed by atoms with Gasteiger partial charge in [0.1, 0.15) is 5.75 Å². The zero-order valence-corrected chi connectivity index (χ0v) is 13.6. The third kappa shape index (κ3) is 3.30. The number of likely N-dealkylation sites (tertiary alicyclic amines) is 1. The third-order valence-corrected chi connectivity index (χ3v) is 5.87. The highest BCUT2D eigenvalue weighted by atomic mass is 32.2. The first-order valence-corrected chi connectivity index (χ1v) is 8.40. The zero-order chi connectivity index (χ0) is 15.6. The summed E-state index contributed by atoms with van der Waals surface area (Å²) in [6, 6.07) is 4.82. The Morgan fingerprint density at radius 2 is 2.19 bits per heavy atom. The smallest absolute Gasteiger partial charge is 0.243 e. The lowest BCUT2D eigenvalue weighted by Crippen LogP contribution is -2.39. The van der Waals surface area contributed by atoms with E-state index in [0.29, 0.717) is 18.0 Å². The summed E-state index contributed by atoms with van der Waals surface area (Å²) < 4.78 is 31.7. The second-order valence-electron chi connectivity index (χ2n) is 5.47. The number of nitrogens with zero attached hydrogens (tertiary/aromatic N) is 2. The molecule has 0 aromatic heterocycles. The molecule has 1 aromatic rings. The van der Waals surface area contributed by atoms with E-state index in [1.54, 1.807) is 13.1 Å². The fourth-order valence-electron chi connectivity index (χ4n) is 2.64. The summed E-state index contributed by atoms with van der Waals surface area (Å²) in [5, 5.41) is 0. The van der Waals surface area contributed by atoms with Gasteiger partial charge in [-0.3, -0.25) is 0 Å². The first kappa shape index (κ1) is 16.1. The maximum Gasteiger partial charge on any atom is 0.243 e. The average molecular weight is 313 g/mol. The van der Waals surface area contributed by atoms with Crippen LogP contribution in [0.25, 0.3) is 0 Å². The number of methoxy groups -OCH3 is 1. The zero-order valence-electron chi connectivity index (χ0n) is 12.7. The number of hydrogen-bond acceptors (Lipinski definition) is 5. The van der Waals surface area contributed by atoms with Gasteiger partial charge in [0.2, 0.25) is 10.0 Å². The molecule has 0 saturated carbocycles. The molecule has 1 fully saturated rings. The Hall–Kier alpha value is -1.31. The Kier molecular flexibility index (Phi) is 4.75. The Bertz CT molecular complexity index is 603. The molecule has 2 N–H and O–H groups in total. The van der Waals surface area contributed by atoms with Crippen LogP contribution >= 0.6 is 0 Å². The van der Waals surface area contributed by atoms with Gasteiger partial charge in [0.05, 0.1) is 17.7 Å². The monoisotopic (exact) mass is 313 g/mol. The van der Waals surface area contributed by atoms with Crippen molar-refractivity contribution in [2.75, 3.05) is 40.0 Å². The molecule has 2 rings (SSSR count). The maximum absolute atomic E-state index is 12.6. The molecule has 7 heteroatoms. The summed E-state index contributed by atoms with van der Waals surface area (Å²) in [5.41, 5.74) is 6.16. The maximum atomic E-state index is 12.6. The molecule has 1 aromatic carbocycles. The van der Waals surface area contributed by atoms with Crippen LogP contribution in [0.2, 0.25) is 0 Å². The summed E-state index contributed by atoms with van der Waals surface area (Å²) in [6.45, 7) is 1.51. The number of nitrogens with two attached hydrogens (primary N) is 1. The van der Waals surface area contributed by atoms with Crippen molar-refractivity contribution in [3.05, 3.63) is 18.2 Å². The lowest BCUT2D eigenvalue weighted by Gasteiger charge is -2.25. The van der Waals surface area contributed by atoms with E-state index in [4.69, 9.17) is 10.5 Å². The minimum absolute atomic E-state index is 0.205. The molecule has 21 heavy (non-hydrogen) atoms. The Morgan fingerprint density at radius 1 is 1.48 bits per heavy atom. The van der Waals surface area contributed by atoms with E-state index in [0.717, 1.165) is 19.4 Å². The van der Waals surface area contributed by atoms with Gasteiger partial charge < -0.3 is 15.4 Å². The summed E-state index contributed by atoms with van der Waals surface area (Å²) >= 11 is 0. The van der Waals surface area contributed by atoms with Crippen molar-refractivity contribution in [1.29, 1.82) is 0 Å². The van der Waals surface area contributed by atoms with Crippen molar-refractivity contribution in [2.45, 2.75) is 23.8 Å². The van der Waals surface area contributed by atoms with Crippen LogP contribution in [0.3, 0.4) is 0 Å². The topological polar surface area (TPSA) is 75.9 Å². The van der Waals surface area contributed by atoms with E-state index in [-0.39, 0.29) is 10.9 Å². The molecule has 0 amide bonds. The van der Waals surface area contributed by atoms with Crippen LogP contribution in [0.15, 0.2) is 23.1 Å². The third-order valence-electron chi connectivity index (χ3n) is 4.05. The van der Waals surface area contributed by atoms with Gasteiger partial charge in [0.15, 0.2) is 0 Å². The summed E-state index contributed by atoms with van der Waals surface area (Å²) in [4.78, 5) is 2.41. The number of likely N-dealkylation sites (N-methyl/N-ethyl adjacent to an activating group) is 2. The Morgan fingerprint density at radius 3 is 2.76 bits per heavy atom. The van der Waals surface area contributed by atoms with Crippen LogP contribution in [0.5, 0.6) is 5.75 Å². The molecule has 118 valence electrons. The summed E-state index contributed by atoms with van der Waals surface area (Å²) in [7, 11) is 1.59. The van der Waals surface area contributed by atoms with Gasteiger partial charge in [-0.05, 0) is 38.6 Å². The fraction of sp³-hybridized carbons (Fsp3) is 0.571. The molecule has 0 radical (unpaired) electrons. The van der Waals surface area contributed by atoms with Crippen LogP contribution in [0.1, 0.15) is 12.8 Å². The van der Waals surface area contributed by atoms with E-state index >= 15 is 0 Å². The molecule has 1 aliphatic rings. The second-order valence-corrected chi connectivity index (χ2v) is 7.51.